The molecule has 0 aromatic heterocycles. The monoisotopic (exact) mass is 364 g/mol. The summed E-state index contributed by atoms with van der Waals surface area (Å²) in [5, 5.41) is 13.1. The van der Waals surface area contributed by atoms with Crippen LogP contribution in [0.2, 0.25) is 5.02 Å². The van der Waals surface area contributed by atoms with E-state index < -0.39 is 5.92 Å². The van der Waals surface area contributed by atoms with Gasteiger partial charge in [-0.1, -0.05) is 48.5 Å². The van der Waals surface area contributed by atoms with Crippen molar-refractivity contribution in [3.8, 4) is 6.07 Å². The van der Waals surface area contributed by atoms with Gasteiger partial charge in [-0.25, -0.2) is 0 Å². The number of halogens is 1. The van der Waals surface area contributed by atoms with E-state index in [0.717, 1.165) is 23.7 Å². The Kier molecular flexibility index (Phi) is 6.71. The van der Waals surface area contributed by atoms with Gasteiger partial charge in [0.2, 0.25) is 5.91 Å². The number of thioether (sulfide) groups is 1. The molecule has 0 spiro atoms. The van der Waals surface area contributed by atoms with Gasteiger partial charge in [0.25, 0.3) is 0 Å². The number of ether oxygens (including phenoxy) is 1. The molecule has 0 radical (unpaired) electrons. The number of carbonyl (C=O) groups excluding carboxylic acids is 2. The number of esters is 1. The first-order valence-corrected chi connectivity index (χ1v) is 8.90. The van der Waals surface area contributed by atoms with Crippen LogP contribution in [0.4, 0.5) is 0 Å². The highest BCUT2D eigenvalue weighted by Crippen LogP contribution is 2.38. The zero-order valence-electron chi connectivity index (χ0n) is 13.2. The van der Waals surface area contributed by atoms with Crippen molar-refractivity contribution in [3.63, 3.8) is 0 Å². The standard InChI is InChI=1S/C17H17ClN2O3S/c1-2-7-23-16(22)10-24-17-13(9-19)12(8-15(21)20-17)11-5-3-4-6-14(11)18/h3-6,12H,2,7-8,10H2,1H3,(H,20,21)/t12-/m1/s1. The summed E-state index contributed by atoms with van der Waals surface area (Å²) in [5.41, 5.74) is 1.15. The van der Waals surface area contributed by atoms with Crippen LogP contribution in [-0.4, -0.2) is 24.2 Å². The van der Waals surface area contributed by atoms with Gasteiger partial charge in [-0.05, 0) is 18.1 Å². The smallest absolute Gasteiger partial charge is 0.316 e. The molecule has 1 aliphatic heterocycles. The van der Waals surface area contributed by atoms with E-state index >= 15 is 0 Å². The van der Waals surface area contributed by atoms with E-state index in [0.29, 0.717) is 22.2 Å². The molecule has 0 saturated carbocycles. The molecular weight excluding hydrogens is 348 g/mol. The molecule has 0 saturated heterocycles. The zero-order chi connectivity index (χ0) is 17.5. The van der Waals surface area contributed by atoms with E-state index in [-0.39, 0.29) is 24.1 Å². The van der Waals surface area contributed by atoms with Crippen LogP contribution in [0.15, 0.2) is 34.9 Å². The SMILES string of the molecule is CCCOC(=O)CSC1=C(C#N)[C@@H](c2ccccc2Cl)CC(=O)N1. The topological polar surface area (TPSA) is 79.2 Å². The Morgan fingerprint density at radius 3 is 2.92 bits per heavy atom. The maximum Gasteiger partial charge on any atom is 0.316 e. The van der Waals surface area contributed by atoms with Gasteiger partial charge in [-0.2, -0.15) is 5.26 Å². The van der Waals surface area contributed by atoms with E-state index in [9.17, 15) is 14.9 Å². The summed E-state index contributed by atoms with van der Waals surface area (Å²) in [6, 6.07) is 9.30. The van der Waals surface area contributed by atoms with E-state index in [2.05, 4.69) is 11.4 Å². The summed E-state index contributed by atoms with van der Waals surface area (Å²) in [6.07, 6.45) is 0.894. The van der Waals surface area contributed by atoms with Crippen molar-refractivity contribution in [2.24, 2.45) is 0 Å². The van der Waals surface area contributed by atoms with Gasteiger partial charge in [0.1, 0.15) is 0 Å². The number of carbonyl (C=O) groups is 2. The number of hydrogen-bond donors (Lipinski definition) is 1. The molecule has 1 aliphatic rings. The number of nitriles is 1. The fourth-order valence-electron chi connectivity index (χ4n) is 2.35. The first kappa shape index (κ1) is 18.4. The van der Waals surface area contributed by atoms with Gasteiger partial charge in [0.15, 0.2) is 0 Å². The Hall–Kier alpha value is -1.97. The first-order valence-electron chi connectivity index (χ1n) is 7.53. The lowest BCUT2D eigenvalue weighted by Gasteiger charge is -2.25. The van der Waals surface area contributed by atoms with Crippen molar-refractivity contribution in [1.82, 2.24) is 5.32 Å². The summed E-state index contributed by atoms with van der Waals surface area (Å²) in [6.45, 7) is 2.27. The molecule has 0 aliphatic carbocycles. The fraction of sp³-hybridized carbons (Fsp3) is 0.353. The molecule has 2 rings (SSSR count). The van der Waals surface area contributed by atoms with Crippen molar-refractivity contribution in [3.05, 3.63) is 45.5 Å². The van der Waals surface area contributed by atoms with Crippen molar-refractivity contribution >= 4 is 35.2 Å². The fourth-order valence-corrected chi connectivity index (χ4v) is 3.49. The number of allylic oxidation sites excluding steroid dienone is 1. The van der Waals surface area contributed by atoms with E-state index in [1.54, 1.807) is 18.2 Å². The first-order chi connectivity index (χ1) is 11.6. The maximum atomic E-state index is 12.0. The Labute approximate surface area is 150 Å². The van der Waals surface area contributed by atoms with Crippen molar-refractivity contribution in [1.29, 1.82) is 5.26 Å². The summed E-state index contributed by atoms with van der Waals surface area (Å²) in [5.74, 6) is -0.952. The minimum Gasteiger partial charge on any atom is -0.465 e. The molecule has 1 heterocycles. The maximum absolute atomic E-state index is 12.0. The lowest BCUT2D eigenvalue weighted by Crippen LogP contribution is -2.31. The number of benzene rings is 1. The number of nitrogens with one attached hydrogen (secondary N) is 1. The molecule has 126 valence electrons. The van der Waals surface area contributed by atoms with Gasteiger partial charge in [-0.15, -0.1) is 0 Å². The summed E-state index contributed by atoms with van der Waals surface area (Å²) < 4.78 is 5.01. The lowest BCUT2D eigenvalue weighted by atomic mass is 9.87. The number of amides is 1. The molecule has 1 aromatic rings. The van der Waals surface area contributed by atoms with Crippen LogP contribution < -0.4 is 5.32 Å². The molecule has 1 atom stereocenters. The quantitative estimate of drug-likeness (QED) is 0.783. The zero-order valence-corrected chi connectivity index (χ0v) is 14.7. The summed E-state index contributed by atoms with van der Waals surface area (Å²) >= 11 is 7.32. The third kappa shape index (κ3) is 4.53. The molecule has 24 heavy (non-hydrogen) atoms. The predicted molar refractivity (Wildman–Crippen MR) is 93.3 cm³/mol. The minimum absolute atomic E-state index is 0.0377. The van der Waals surface area contributed by atoms with Crippen molar-refractivity contribution in [2.45, 2.75) is 25.7 Å². The Morgan fingerprint density at radius 1 is 1.50 bits per heavy atom. The van der Waals surface area contributed by atoms with E-state index in [4.69, 9.17) is 16.3 Å². The Balaban J connectivity index is 2.23. The van der Waals surface area contributed by atoms with E-state index in [1.165, 1.54) is 0 Å². The van der Waals surface area contributed by atoms with Gasteiger partial charge in [0.05, 0.1) is 29.0 Å². The van der Waals surface area contributed by atoms with Crippen molar-refractivity contribution in [2.75, 3.05) is 12.4 Å². The van der Waals surface area contributed by atoms with Gasteiger partial charge < -0.3 is 10.1 Å². The normalized spacial score (nSPS) is 17.2. The average Bonchev–Trinajstić information content (AvgIpc) is 2.58. The second kappa shape index (κ2) is 8.76. The van der Waals surface area contributed by atoms with Crippen LogP contribution in [-0.2, 0) is 14.3 Å². The molecular formula is C17H17ClN2O3S. The third-order valence-electron chi connectivity index (χ3n) is 3.44. The molecule has 0 bridgehead atoms. The lowest BCUT2D eigenvalue weighted by molar-refractivity contribution is -0.140. The minimum atomic E-state index is -0.411. The second-order valence-electron chi connectivity index (χ2n) is 5.19. The van der Waals surface area contributed by atoms with Crippen molar-refractivity contribution < 1.29 is 14.3 Å². The molecule has 5 nitrogen and oxygen atoms in total. The molecule has 7 heteroatoms. The van der Waals surface area contributed by atoms with Gasteiger partial charge >= 0.3 is 5.97 Å². The largest absolute Gasteiger partial charge is 0.465 e. The van der Waals surface area contributed by atoms with Gasteiger partial charge in [0, 0.05) is 17.4 Å². The highest BCUT2D eigenvalue weighted by molar-refractivity contribution is 8.03. The van der Waals surface area contributed by atoms with Crippen LogP contribution in [0, 0.1) is 11.3 Å². The molecule has 1 N–H and O–H groups in total. The third-order valence-corrected chi connectivity index (χ3v) is 4.77. The van der Waals surface area contributed by atoms with Crippen LogP contribution in [0.5, 0.6) is 0 Å². The number of rotatable bonds is 6. The molecule has 0 fully saturated rings. The van der Waals surface area contributed by atoms with Crippen LogP contribution >= 0.6 is 23.4 Å². The Morgan fingerprint density at radius 2 is 2.25 bits per heavy atom. The highest BCUT2D eigenvalue weighted by atomic mass is 35.5. The molecule has 1 amide bonds. The van der Waals surface area contributed by atoms with Crippen LogP contribution in [0.3, 0.4) is 0 Å². The molecule has 0 unspecified atom stereocenters. The van der Waals surface area contributed by atoms with E-state index in [1.807, 2.05) is 13.0 Å². The van der Waals surface area contributed by atoms with Gasteiger partial charge in [-0.3, -0.25) is 9.59 Å². The second-order valence-corrected chi connectivity index (χ2v) is 6.58. The van der Waals surface area contributed by atoms with Crippen LogP contribution in [0.1, 0.15) is 31.2 Å². The summed E-state index contributed by atoms with van der Waals surface area (Å²) in [7, 11) is 0. The number of hydrogen-bond acceptors (Lipinski definition) is 5. The highest BCUT2D eigenvalue weighted by Gasteiger charge is 2.31. The Bertz CT molecular complexity index is 712. The summed E-state index contributed by atoms with van der Waals surface area (Å²) in [4.78, 5) is 23.7. The predicted octanol–water partition coefficient (Wildman–Crippen LogP) is 3.37. The number of nitrogens with zero attached hydrogens (tertiary/aromatic N) is 1. The van der Waals surface area contributed by atoms with Crippen LogP contribution in [0.25, 0.3) is 0 Å². The average molecular weight is 365 g/mol. The molecule has 1 aromatic carbocycles.